The smallest absolute Gasteiger partial charge is 0.416 e. The number of fused-ring (bicyclic) bond motifs is 2. The molecule has 1 spiro atoms. The van der Waals surface area contributed by atoms with E-state index in [0.717, 1.165) is 17.7 Å². The zero-order valence-corrected chi connectivity index (χ0v) is 17.5. The topological polar surface area (TPSA) is 53.9 Å². The SMILES string of the molecule is COc1ccc(C2=NNC3(S2)C(=O)N(c2cccc(C(F)(F)F)c2)c2ccccc23)cc1. The van der Waals surface area contributed by atoms with Crippen LogP contribution in [0.15, 0.2) is 77.9 Å². The predicted octanol–water partition coefficient (Wildman–Crippen LogP) is 5.24. The molecule has 1 N–H and O–H groups in total. The molecule has 2 aliphatic heterocycles. The third kappa shape index (κ3) is 3.12. The van der Waals surface area contributed by atoms with E-state index in [9.17, 15) is 18.0 Å². The summed E-state index contributed by atoms with van der Waals surface area (Å²) in [4.78, 5) is 13.7. The molecule has 162 valence electrons. The number of carbonyl (C=O) groups excluding carboxylic acids is 1. The van der Waals surface area contributed by atoms with Crippen LogP contribution < -0.4 is 15.1 Å². The van der Waals surface area contributed by atoms with Gasteiger partial charge in [0, 0.05) is 16.8 Å². The van der Waals surface area contributed by atoms with Crippen LogP contribution in [0.3, 0.4) is 0 Å². The van der Waals surface area contributed by atoms with Crippen LogP contribution in [-0.2, 0) is 15.8 Å². The molecule has 5 rings (SSSR count). The monoisotopic (exact) mass is 455 g/mol. The van der Waals surface area contributed by atoms with Gasteiger partial charge in [0.1, 0.15) is 10.8 Å². The summed E-state index contributed by atoms with van der Waals surface area (Å²) in [6.07, 6.45) is -4.51. The van der Waals surface area contributed by atoms with Gasteiger partial charge in [-0.05, 0) is 48.5 Å². The number of thioether (sulfide) groups is 1. The summed E-state index contributed by atoms with van der Waals surface area (Å²) in [5, 5.41) is 4.99. The van der Waals surface area contributed by atoms with Crippen molar-refractivity contribution in [2.75, 3.05) is 12.0 Å². The molecule has 5 nitrogen and oxygen atoms in total. The Balaban J connectivity index is 1.54. The maximum atomic E-state index is 13.7. The second kappa shape index (κ2) is 7.30. The van der Waals surface area contributed by atoms with Gasteiger partial charge in [-0.15, -0.1) is 0 Å². The van der Waals surface area contributed by atoms with E-state index in [-0.39, 0.29) is 5.69 Å². The van der Waals surface area contributed by atoms with E-state index >= 15 is 0 Å². The van der Waals surface area contributed by atoms with Crippen LogP contribution in [0, 0.1) is 0 Å². The quantitative estimate of drug-likeness (QED) is 0.587. The molecule has 3 aromatic rings. The van der Waals surface area contributed by atoms with Crippen LogP contribution in [0.25, 0.3) is 0 Å². The Bertz CT molecular complexity index is 1240. The van der Waals surface area contributed by atoms with Gasteiger partial charge in [0.15, 0.2) is 0 Å². The normalized spacial score (nSPS) is 19.7. The summed E-state index contributed by atoms with van der Waals surface area (Å²) >= 11 is 1.23. The summed E-state index contributed by atoms with van der Waals surface area (Å²) < 4.78 is 45.0. The van der Waals surface area contributed by atoms with Gasteiger partial charge in [-0.2, -0.15) is 18.3 Å². The molecule has 0 bridgehead atoms. The standard InChI is InChI=1S/C23H16F3N3O2S/c1-31-17-11-9-14(10-12-17)20-27-28-22(32-20)18-7-2-3-8-19(18)29(21(22)30)16-6-4-5-15(13-16)23(24,25)26/h2-13,28H,1H3. The predicted molar refractivity (Wildman–Crippen MR) is 117 cm³/mol. The van der Waals surface area contributed by atoms with Gasteiger partial charge in [-0.1, -0.05) is 36.0 Å². The molecule has 9 heteroatoms. The zero-order valence-electron chi connectivity index (χ0n) is 16.7. The summed E-state index contributed by atoms with van der Waals surface area (Å²) in [6, 6.07) is 19.1. The number of nitrogens with one attached hydrogen (secondary N) is 1. The van der Waals surface area contributed by atoms with Gasteiger partial charge in [0.2, 0.25) is 4.87 Å². The highest BCUT2D eigenvalue weighted by Gasteiger charge is 2.56. The lowest BCUT2D eigenvalue weighted by Crippen LogP contribution is -2.42. The average molecular weight is 455 g/mol. The number of methoxy groups -OCH3 is 1. The minimum atomic E-state index is -4.51. The number of amides is 1. The van der Waals surface area contributed by atoms with Crippen LogP contribution in [0.4, 0.5) is 24.5 Å². The molecular weight excluding hydrogens is 439 g/mol. The lowest BCUT2D eigenvalue weighted by Gasteiger charge is -2.23. The third-order valence-corrected chi connectivity index (χ3v) is 6.67. The number of hydrogen-bond acceptors (Lipinski definition) is 5. The number of hydrogen-bond donors (Lipinski definition) is 1. The van der Waals surface area contributed by atoms with Crippen LogP contribution in [0.1, 0.15) is 16.7 Å². The first-order valence-electron chi connectivity index (χ1n) is 9.63. The number of anilines is 2. The molecule has 3 aromatic carbocycles. The first kappa shape index (κ1) is 20.4. The number of alkyl halides is 3. The van der Waals surface area contributed by atoms with E-state index in [1.54, 1.807) is 43.5 Å². The van der Waals surface area contributed by atoms with E-state index in [0.29, 0.717) is 22.0 Å². The first-order valence-corrected chi connectivity index (χ1v) is 10.4. The Labute approximate surface area is 185 Å². The van der Waals surface area contributed by atoms with E-state index in [1.165, 1.54) is 28.8 Å². The number of benzene rings is 3. The van der Waals surface area contributed by atoms with Crippen molar-refractivity contribution in [2.45, 2.75) is 11.0 Å². The van der Waals surface area contributed by atoms with Crippen LogP contribution in [0.5, 0.6) is 5.75 Å². The Morgan fingerprint density at radius 2 is 1.78 bits per heavy atom. The molecule has 2 aliphatic rings. The summed E-state index contributed by atoms with van der Waals surface area (Å²) in [7, 11) is 1.57. The van der Waals surface area contributed by atoms with Gasteiger partial charge < -0.3 is 4.74 Å². The molecule has 2 heterocycles. The molecule has 1 amide bonds. The Morgan fingerprint density at radius 3 is 2.50 bits per heavy atom. The van der Waals surface area contributed by atoms with Gasteiger partial charge in [-0.25, -0.2) is 0 Å². The minimum absolute atomic E-state index is 0.148. The van der Waals surface area contributed by atoms with Crippen molar-refractivity contribution in [3.63, 3.8) is 0 Å². The molecular formula is C23H16F3N3O2S. The first-order chi connectivity index (χ1) is 15.3. The fourth-order valence-corrected chi connectivity index (χ4v) is 5.00. The van der Waals surface area contributed by atoms with E-state index in [4.69, 9.17) is 4.74 Å². The van der Waals surface area contributed by atoms with Gasteiger partial charge in [-0.3, -0.25) is 15.1 Å². The number of hydrazone groups is 1. The molecule has 0 saturated heterocycles. The summed E-state index contributed by atoms with van der Waals surface area (Å²) in [5.41, 5.74) is 4.25. The lowest BCUT2D eigenvalue weighted by molar-refractivity contribution is -0.137. The molecule has 0 aliphatic carbocycles. The number of ether oxygens (including phenoxy) is 1. The molecule has 1 atom stereocenters. The summed E-state index contributed by atoms with van der Waals surface area (Å²) in [5.74, 6) is 0.285. The van der Waals surface area contributed by atoms with Crippen molar-refractivity contribution in [1.82, 2.24) is 5.43 Å². The van der Waals surface area contributed by atoms with Crippen molar-refractivity contribution in [3.05, 3.63) is 89.5 Å². The molecule has 0 saturated carbocycles. The maximum absolute atomic E-state index is 13.7. The fraction of sp³-hybridized carbons (Fsp3) is 0.130. The average Bonchev–Trinajstić information content (AvgIpc) is 3.35. The van der Waals surface area contributed by atoms with Crippen LogP contribution in [-0.4, -0.2) is 18.1 Å². The van der Waals surface area contributed by atoms with Gasteiger partial charge >= 0.3 is 6.18 Å². The molecule has 0 radical (unpaired) electrons. The summed E-state index contributed by atoms with van der Waals surface area (Å²) in [6.45, 7) is 0. The fourth-order valence-electron chi connectivity index (χ4n) is 3.81. The molecule has 1 unspecified atom stereocenters. The van der Waals surface area contributed by atoms with Crippen molar-refractivity contribution in [2.24, 2.45) is 5.10 Å². The van der Waals surface area contributed by atoms with E-state index in [2.05, 4.69) is 10.5 Å². The molecule has 0 aromatic heterocycles. The van der Waals surface area contributed by atoms with Crippen molar-refractivity contribution >= 4 is 34.1 Å². The maximum Gasteiger partial charge on any atom is 0.416 e. The van der Waals surface area contributed by atoms with Crippen LogP contribution >= 0.6 is 11.8 Å². The number of nitrogens with zero attached hydrogens (tertiary/aromatic N) is 2. The Kier molecular flexibility index (Phi) is 4.67. The number of halogens is 3. The van der Waals surface area contributed by atoms with Crippen LogP contribution in [0.2, 0.25) is 0 Å². The number of para-hydroxylation sites is 1. The highest BCUT2D eigenvalue weighted by Crippen LogP contribution is 2.53. The number of rotatable bonds is 3. The van der Waals surface area contributed by atoms with Crippen molar-refractivity contribution in [3.8, 4) is 5.75 Å². The highest BCUT2D eigenvalue weighted by molar-refractivity contribution is 8.16. The largest absolute Gasteiger partial charge is 0.497 e. The molecule has 0 fully saturated rings. The third-order valence-electron chi connectivity index (χ3n) is 5.36. The van der Waals surface area contributed by atoms with Gasteiger partial charge in [0.25, 0.3) is 5.91 Å². The second-order valence-electron chi connectivity index (χ2n) is 7.25. The van der Waals surface area contributed by atoms with Gasteiger partial charge in [0.05, 0.1) is 18.4 Å². The van der Waals surface area contributed by atoms with Crippen molar-refractivity contribution < 1.29 is 22.7 Å². The Hall–Kier alpha value is -3.46. The Morgan fingerprint density at radius 1 is 1.03 bits per heavy atom. The van der Waals surface area contributed by atoms with E-state index in [1.807, 2.05) is 12.1 Å². The lowest BCUT2D eigenvalue weighted by atomic mass is 10.1. The van der Waals surface area contributed by atoms with Crippen molar-refractivity contribution in [1.29, 1.82) is 0 Å². The molecule has 32 heavy (non-hydrogen) atoms. The second-order valence-corrected chi connectivity index (χ2v) is 8.45. The van der Waals surface area contributed by atoms with E-state index < -0.39 is 22.5 Å². The zero-order chi connectivity index (χ0) is 22.5. The number of carbonyl (C=O) groups is 1. The minimum Gasteiger partial charge on any atom is -0.497 e. The highest BCUT2D eigenvalue weighted by atomic mass is 32.2.